The lowest BCUT2D eigenvalue weighted by molar-refractivity contribution is -0.131. The third kappa shape index (κ3) is 3.27. The zero-order valence-corrected chi connectivity index (χ0v) is 13.4. The molecule has 1 amide bonds. The normalized spacial score (nSPS) is 18.1. The van der Waals surface area contributed by atoms with Gasteiger partial charge in [0.25, 0.3) is 0 Å². The summed E-state index contributed by atoms with van der Waals surface area (Å²) in [6, 6.07) is 13.9. The van der Waals surface area contributed by atoms with Crippen LogP contribution < -0.4 is 5.32 Å². The number of nitrogens with one attached hydrogen (secondary N) is 1. The molecule has 1 aliphatic rings. The molecule has 0 saturated carbocycles. The van der Waals surface area contributed by atoms with Crippen molar-refractivity contribution in [2.24, 2.45) is 0 Å². The molecular weight excluding hydrogens is 288 g/mol. The number of aromatic nitrogens is 1. The lowest BCUT2D eigenvalue weighted by Crippen LogP contribution is -2.48. The smallest absolute Gasteiger partial charge is 0.231 e. The molecule has 23 heavy (non-hydrogen) atoms. The van der Waals surface area contributed by atoms with E-state index in [0.29, 0.717) is 26.1 Å². The van der Waals surface area contributed by atoms with E-state index in [1.165, 1.54) is 0 Å². The van der Waals surface area contributed by atoms with Gasteiger partial charge in [-0.15, -0.1) is 0 Å². The van der Waals surface area contributed by atoms with Crippen LogP contribution in [0.3, 0.4) is 0 Å². The highest BCUT2D eigenvalue weighted by Gasteiger charge is 2.41. The third-order valence-corrected chi connectivity index (χ3v) is 4.66. The molecule has 2 heterocycles. The highest BCUT2D eigenvalue weighted by atomic mass is 16.5. The summed E-state index contributed by atoms with van der Waals surface area (Å²) in [6.07, 6.45) is 4.93. The second-order valence-electron chi connectivity index (χ2n) is 6.04. The first-order valence-corrected chi connectivity index (χ1v) is 8.06. The first-order chi connectivity index (χ1) is 11.2. The molecule has 4 heteroatoms. The number of rotatable bonds is 4. The molecule has 1 saturated heterocycles. The second-order valence-corrected chi connectivity index (χ2v) is 6.04. The topological polar surface area (TPSA) is 51.2 Å². The molecule has 3 rings (SSSR count). The molecule has 1 atom stereocenters. The van der Waals surface area contributed by atoms with Crippen molar-refractivity contribution >= 4 is 5.91 Å². The van der Waals surface area contributed by atoms with Crippen molar-refractivity contribution < 1.29 is 9.53 Å². The van der Waals surface area contributed by atoms with Gasteiger partial charge in [0.2, 0.25) is 5.91 Å². The largest absolute Gasteiger partial charge is 0.381 e. The number of hydrogen-bond acceptors (Lipinski definition) is 3. The summed E-state index contributed by atoms with van der Waals surface area (Å²) < 4.78 is 5.50. The van der Waals surface area contributed by atoms with Crippen LogP contribution in [-0.4, -0.2) is 24.1 Å². The van der Waals surface area contributed by atoms with Gasteiger partial charge in [-0.25, -0.2) is 0 Å². The first-order valence-electron chi connectivity index (χ1n) is 8.06. The fourth-order valence-electron chi connectivity index (χ4n) is 3.19. The fourth-order valence-corrected chi connectivity index (χ4v) is 3.19. The maximum atomic E-state index is 13.1. The number of carbonyl (C=O) groups excluding carboxylic acids is 1. The van der Waals surface area contributed by atoms with E-state index in [0.717, 1.165) is 11.1 Å². The van der Waals surface area contributed by atoms with E-state index in [1.807, 2.05) is 49.4 Å². The Balaban J connectivity index is 1.84. The van der Waals surface area contributed by atoms with Gasteiger partial charge >= 0.3 is 0 Å². The Morgan fingerprint density at radius 2 is 1.78 bits per heavy atom. The third-order valence-electron chi connectivity index (χ3n) is 4.66. The van der Waals surface area contributed by atoms with Crippen molar-refractivity contribution in [3.63, 3.8) is 0 Å². The number of hydrogen-bond donors (Lipinski definition) is 1. The van der Waals surface area contributed by atoms with E-state index in [1.54, 1.807) is 12.4 Å². The molecule has 1 aromatic carbocycles. The number of carbonyl (C=O) groups is 1. The van der Waals surface area contributed by atoms with Crippen LogP contribution in [0.5, 0.6) is 0 Å². The van der Waals surface area contributed by atoms with Gasteiger partial charge in [0.15, 0.2) is 0 Å². The van der Waals surface area contributed by atoms with Crippen molar-refractivity contribution in [3.05, 3.63) is 66.0 Å². The monoisotopic (exact) mass is 310 g/mol. The van der Waals surface area contributed by atoms with E-state index in [-0.39, 0.29) is 11.9 Å². The summed E-state index contributed by atoms with van der Waals surface area (Å²) in [5.74, 6) is 0.0799. The molecule has 4 nitrogen and oxygen atoms in total. The zero-order valence-electron chi connectivity index (χ0n) is 13.4. The quantitative estimate of drug-likeness (QED) is 0.944. The van der Waals surface area contributed by atoms with Gasteiger partial charge in [-0.05, 0) is 43.0 Å². The summed E-state index contributed by atoms with van der Waals surface area (Å²) in [5.41, 5.74) is 1.63. The summed E-state index contributed by atoms with van der Waals surface area (Å²) in [6.45, 7) is 3.24. The molecule has 0 radical (unpaired) electrons. The highest BCUT2D eigenvalue weighted by Crippen LogP contribution is 2.35. The van der Waals surface area contributed by atoms with Crippen LogP contribution in [0, 0.1) is 0 Å². The molecule has 1 N–H and O–H groups in total. The van der Waals surface area contributed by atoms with E-state index >= 15 is 0 Å². The van der Waals surface area contributed by atoms with E-state index in [9.17, 15) is 4.79 Å². The Hall–Kier alpha value is -2.20. The second kappa shape index (κ2) is 6.92. The molecule has 0 spiro atoms. The van der Waals surface area contributed by atoms with E-state index < -0.39 is 5.41 Å². The van der Waals surface area contributed by atoms with E-state index in [4.69, 9.17) is 4.74 Å². The van der Waals surface area contributed by atoms with Crippen molar-refractivity contribution in [1.29, 1.82) is 0 Å². The standard InChI is InChI=1S/C19H22N2O2/c1-15(16-7-11-20-12-8-16)21-18(22)19(9-13-23-14-10-19)17-5-3-2-4-6-17/h2-8,11-12,15H,9-10,13-14H2,1H3,(H,21,22)/t15-/m1/s1. The number of benzene rings is 1. The van der Waals surface area contributed by atoms with Crippen LogP contribution in [0.4, 0.5) is 0 Å². The van der Waals surface area contributed by atoms with Gasteiger partial charge in [-0.3, -0.25) is 9.78 Å². The Morgan fingerprint density at radius 1 is 1.13 bits per heavy atom. The maximum Gasteiger partial charge on any atom is 0.231 e. The van der Waals surface area contributed by atoms with Crippen LogP contribution in [0.2, 0.25) is 0 Å². The van der Waals surface area contributed by atoms with Crippen LogP contribution in [-0.2, 0) is 14.9 Å². The Labute approximate surface area is 136 Å². The Kier molecular flexibility index (Phi) is 4.72. The molecule has 0 bridgehead atoms. The zero-order chi connectivity index (χ0) is 16.1. The minimum atomic E-state index is -0.499. The number of ether oxygens (including phenoxy) is 1. The molecule has 1 fully saturated rings. The van der Waals surface area contributed by atoms with Gasteiger partial charge in [0.1, 0.15) is 0 Å². The van der Waals surface area contributed by atoms with Crippen molar-refractivity contribution in [2.75, 3.05) is 13.2 Å². The average molecular weight is 310 g/mol. The molecule has 1 aliphatic heterocycles. The molecule has 1 aromatic heterocycles. The van der Waals surface area contributed by atoms with Gasteiger partial charge in [0.05, 0.1) is 11.5 Å². The van der Waals surface area contributed by atoms with Crippen LogP contribution in [0.15, 0.2) is 54.9 Å². The minimum absolute atomic E-state index is 0.0473. The van der Waals surface area contributed by atoms with Gasteiger partial charge < -0.3 is 10.1 Å². The minimum Gasteiger partial charge on any atom is -0.381 e. The maximum absolute atomic E-state index is 13.1. The summed E-state index contributed by atoms with van der Waals surface area (Å²) in [4.78, 5) is 17.2. The molecule has 0 aliphatic carbocycles. The lowest BCUT2D eigenvalue weighted by Gasteiger charge is -2.37. The predicted octanol–water partition coefficient (Wildman–Crippen LogP) is 3.01. The SMILES string of the molecule is C[C@@H](NC(=O)C1(c2ccccc2)CCOCC1)c1ccncc1. The summed E-state index contributed by atoms with van der Waals surface area (Å²) in [5, 5.41) is 3.18. The van der Waals surface area contributed by atoms with Crippen molar-refractivity contribution in [1.82, 2.24) is 10.3 Å². The van der Waals surface area contributed by atoms with Gasteiger partial charge in [-0.1, -0.05) is 30.3 Å². The molecule has 2 aromatic rings. The van der Waals surface area contributed by atoms with Crippen LogP contribution in [0.25, 0.3) is 0 Å². The van der Waals surface area contributed by atoms with Crippen LogP contribution in [0.1, 0.15) is 36.9 Å². The summed E-state index contributed by atoms with van der Waals surface area (Å²) in [7, 11) is 0. The number of nitrogens with zero attached hydrogens (tertiary/aromatic N) is 1. The molecule has 0 unspecified atom stereocenters. The highest BCUT2D eigenvalue weighted by molar-refractivity contribution is 5.88. The number of pyridine rings is 1. The summed E-state index contributed by atoms with van der Waals surface area (Å²) >= 11 is 0. The molecular formula is C19H22N2O2. The fraction of sp³-hybridized carbons (Fsp3) is 0.368. The lowest BCUT2D eigenvalue weighted by atomic mass is 9.73. The molecule has 120 valence electrons. The van der Waals surface area contributed by atoms with Crippen LogP contribution >= 0.6 is 0 Å². The first kappa shape index (κ1) is 15.7. The Bertz CT molecular complexity index is 637. The average Bonchev–Trinajstić information content (AvgIpc) is 2.63. The van der Waals surface area contributed by atoms with Crippen molar-refractivity contribution in [2.45, 2.75) is 31.2 Å². The van der Waals surface area contributed by atoms with Gasteiger partial charge in [-0.2, -0.15) is 0 Å². The van der Waals surface area contributed by atoms with E-state index in [2.05, 4.69) is 10.3 Å². The van der Waals surface area contributed by atoms with Gasteiger partial charge in [0, 0.05) is 25.6 Å². The predicted molar refractivity (Wildman–Crippen MR) is 89.0 cm³/mol. The number of amides is 1. The van der Waals surface area contributed by atoms with Crippen molar-refractivity contribution in [3.8, 4) is 0 Å². The Morgan fingerprint density at radius 3 is 2.43 bits per heavy atom.